The van der Waals surface area contributed by atoms with Crippen LogP contribution in [0.25, 0.3) is 0 Å². The van der Waals surface area contributed by atoms with Gasteiger partial charge in [0.1, 0.15) is 12.7 Å². The van der Waals surface area contributed by atoms with Crippen LogP contribution in [0.4, 0.5) is 14.9 Å². The average Bonchev–Trinajstić information content (AvgIpc) is 3.04. The molecular formula is C19H27FN4O3S. The molecule has 3 rings (SSSR count). The summed E-state index contributed by atoms with van der Waals surface area (Å²) in [5, 5.41) is 0. The van der Waals surface area contributed by atoms with Gasteiger partial charge in [0.05, 0.1) is 23.8 Å². The fourth-order valence-electron chi connectivity index (χ4n) is 3.37. The molecule has 1 atom stereocenters. The maximum atomic E-state index is 14.4. The molecule has 0 aliphatic carbocycles. The first kappa shape index (κ1) is 20.8. The molecule has 1 amide bonds. The summed E-state index contributed by atoms with van der Waals surface area (Å²) in [6.45, 7) is 5.88. The number of cyclic esters (lactones) is 1. The molecule has 0 unspecified atom stereocenters. The minimum atomic E-state index is -0.496. The molecule has 2 aliphatic rings. The number of ether oxygens (including phenoxy) is 2. The van der Waals surface area contributed by atoms with Crippen molar-refractivity contribution in [1.29, 1.82) is 0 Å². The van der Waals surface area contributed by atoms with Crippen LogP contribution in [0, 0.1) is 5.82 Å². The van der Waals surface area contributed by atoms with Crippen LogP contribution in [0.3, 0.4) is 0 Å². The number of rotatable bonds is 8. The highest BCUT2D eigenvalue weighted by molar-refractivity contribution is 7.80. The van der Waals surface area contributed by atoms with Crippen molar-refractivity contribution in [2.75, 3.05) is 44.2 Å². The third kappa shape index (κ3) is 5.76. The molecule has 0 radical (unpaired) electrons. The number of anilines is 1. The highest BCUT2D eigenvalue weighted by Crippen LogP contribution is 2.27. The van der Waals surface area contributed by atoms with Crippen molar-refractivity contribution < 1.29 is 18.7 Å². The van der Waals surface area contributed by atoms with Gasteiger partial charge in [0, 0.05) is 12.6 Å². The molecule has 2 fully saturated rings. The van der Waals surface area contributed by atoms with Gasteiger partial charge in [0.25, 0.3) is 0 Å². The standard InChI is InChI=1S/C19H27FN4O3S/c1-14(28)22-21-12-16-13-24(19(25)27-16)15-5-6-18(17(20)11-15)26-10-9-23-7-3-2-4-8-23/h5-6,11,16,21H,2-4,7-10,12-13H2,1H3,(H,22,28)/t16-/m0/s1. The van der Waals surface area contributed by atoms with Crippen LogP contribution in [0.15, 0.2) is 18.2 Å². The Kier molecular flexibility index (Phi) is 7.41. The first-order valence-electron chi connectivity index (χ1n) is 9.65. The van der Waals surface area contributed by atoms with Gasteiger partial charge in [-0.1, -0.05) is 18.6 Å². The molecule has 0 saturated carbocycles. The lowest BCUT2D eigenvalue weighted by molar-refractivity contribution is 0.139. The molecule has 1 aromatic rings. The third-order valence-electron chi connectivity index (χ3n) is 4.81. The number of hydrogen-bond acceptors (Lipinski definition) is 6. The number of carbonyl (C=O) groups excluding carboxylic acids is 1. The minimum absolute atomic E-state index is 0.201. The first-order chi connectivity index (χ1) is 13.5. The van der Waals surface area contributed by atoms with E-state index in [1.165, 1.54) is 30.2 Å². The van der Waals surface area contributed by atoms with E-state index in [2.05, 4.69) is 15.8 Å². The highest BCUT2D eigenvalue weighted by Gasteiger charge is 2.32. The predicted octanol–water partition coefficient (Wildman–Crippen LogP) is 2.46. The first-order valence-corrected chi connectivity index (χ1v) is 10.1. The molecule has 2 aliphatic heterocycles. The van der Waals surface area contributed by atoms with Crippen LogP contribution in [-0.4, -0.2) is 61.4 Å². The molecule has 1 aromatic carbocycles. The Balaban J connectivity index is 1.50. The van der Waals surface area contributed by atoms with E-state index < -0.39 is 11.9 Å². The van der Waals surface area contributed by atoms with Gasteiger partial charge in [-0.15, -0.1) is 0 Å². The third-order valence-corrected chi connectivity index (χ3v) is 4.91. The molecule has 154 valence electrons. The molecule has 7 nitrogen and oxygen atoms in total. The maximum Gasteiger partial charge on any atom is 0.414 e. The molecule has 0 bridgehead atoms. The molecule has 0 spiro atoms. The molecule has 2 N–H and O–H groups in total. The van der Waals surface area contributed by atoms with Crippen molar-refractivity contribution in [2.24, 2.45) is 0 Å². The number of benzene rings is 1. The van der Waals surface area contributed by atoms with Gasteiger partial charge in [-0.25, -0.2) is 14.6 Å². The summed E-state index contributed by atoms with van der Waals surface area (Å²) >= 11 is 4.90. The summed E-state index contributed by atoms with van der Waals surface area (Å²) in [5.41, 5.74) is 6.14. The minimum Gasteiger partial charge on any atom is -0.489 e. The Hall–Kier alpha value is -1.97. The summed E-state index contributed by atoms with van der Waals surface area (Å²) in [4.78, 5) is 16.4. The molecule has 28 heavy (non-hydrogen) atoms. The number of thiocarbonyl (C=S) groups is 1. The van der Waals surface area contributed by atoms with Crippen LogP contribution in [0.1, 0.15) is 26.2 Å². The monoisotopic (exact) mass is 410 g/mol. The lowest BCUT2D eigenvalue weighted by atomic mass is 10.1. The topological polar surface area (TPSA) is 66.1 Å². The summed E-state index contributed by atoms with van der Waals surface area (Å²) in [6, 6.07) is 4.55. The van der Waals surface area contributed by atoms with E-state index in [4.69, 9.17) is 21.7 Å². The Morgan fingerprint density at radius 3 is 2.86 bits per heavy atom. The normalized spacial score (nSPS) is 20.1. The number of piperidine rings is 1. The predicted molar refractivity (Wildman–Crippen MR) is 109 cm³/mol. The van der Waals surface area contributed by atoms with Crippen molar-refractivity contribution >= 4 is 29.0 Å². The summed E-state index contributed by atoms with van der Waals surface area (Å²) in [6.07, 6.45) is 2.87. The number of hydrazine groups is 1. The maximum absolute atomic E-state index is 14.4. The lowest BCUT2D eigenvalue weighted by Gasteiger charge is -2.26. The van der Waals surface area contributed by atoms with E-state index in [9.17, 15) is 9.18 Å². The largest absolute Gasteiger partial charge is 0.489 e. The second-order valence-corrected chi connectivity index (χ2v) is 7.66. The number of carbonyl (C=O) groups is 1. The fraction of sp³-hybridized carbons (Fsp3) is 0.579. The van der Waals surface area contributed by atoms with Crippen LogP contribution < -0.4 is 20.5 Å². The van der Waals surface area contributed by atoms with Crippen molar-refractivity contribution in [3.05, 3.63) is 24.0 Å². The van der Waals surface area contributed by atoms with E-state index >= 15 is 0 Å². The highest BCUT2D eigenvalue weighted by atomic mass is 32.1. The zero-order chi connectivity index (χ0) is 19.9. The van der Waals surface area contributed by atoms with E-state index in [0.717, 1.165) is 19.6 Å². The fourth-order valence-corrected chi connectivity index (χ4v) is 3.44. The van der Waals surface area contributed by atoms with Crippen LogP contribution in [0.2, 0.25) is 0 Å². The average molecular weight is 411 g/mol. The zero-order valence-corrected chi connectivity index (χ0v) is 16.9. The number of amides is 1. The Morgan fingerprint density at radius 2 is 2.14 bits per heavy atom. The lowest BCUT2D eigenvalue weighted by Crippen LogP contribution is -2.41. The van der Waals surface area contributed by atoms with Crippen LogP contribution in [-0.2, 0) is 4.74 Å². The van der Waals surface area contributed by atoms with Gasteiger partial charge in [-0.05, 0) is 45.0 Å². The van der Waals surface area contributed by atoms with E-state index in [-0.39, 0.29) is 11.9 Å². The van der Waals surface area contributed by atoms with Crippen molar-refractivity contribution in [2.45, 2.75) is 32.3 Å². The smallest absolute Gasteiger partial charge is 0.414 e. The molecule has 2 heterocycles. The molecular weight excluding hydrogens is 383 g/mol. The number of halogens is 1. The zero-order valence-electron chi connectivity index (χ0n) is 16.1. The number of likely N-dealkylation sites (tertiary alicyclic amines) is 1. The van der Waals surface area contributed by atoms with Crippen molar-refractivity contribution in [3.8, 4) is 5.75 Å². The second kappa shape index (κ2) is 9.99. The molecule has 2 saturated heterocycles. The summed E-state index contributed by atoms with van der Waals surface area (Å²) in [7, 11) is 0. The van der Waals surface area contributed by atoms with Crippen LogP contribution >= 0.6 is 12.2 Å². The van der Waals surface area contributed by atoms with Crippen molar-refractivity contribution in [3.63, 3.8) is 0 Å². The number of hydrogen-bond donors (Lipinski definition) is 2. The summed E-state index contributed by atoms with van der Waals surface area (Å²) < 4.78 is 25.3. The van der Waals surface area contributed by atoms with Gasteiger partial charge in [0.15, 0.2) is 11.6 Å². The quantitative estimate of drug-likeness (QED) is 0.504. The second-order valence-electron chi connectivity index (χ2n) is 7.04. The van der Waals surface area contributed by atoms with E-state index in [1.807, 2.05) is 0 Å². The van der Waals surface area contributed by atoms with E-state index in [1.54, 1.807) is 19.1 Å². The van der Waals surface area contributed by atoms with Gasteiger partial charge < -0.3 is 14.9 Å². The van der Waals surface area contributed by atoms with E-state index in [0.29, 0.717) is 30.4 Å². The Bertz CT molecular complexity index is 700. The van der Waals surface area contributed by atoms with Crippen LogP contribution in [0.5, 0.6) is 5.75 Å². The summed E-state index contributed by atoms with van der Waals surface area (Å²) in [5.74, 6) is -0.282. The molecule has 0 aromatic heterocycles. The van der Waals surface area contributed by atoms with Gasteiger partial charge in [-0.3, -0.25) is 9.80 Å². The Morgan fingerprint density at radius 1 is 1.36 bits per heavy atom. The van der Waals surface area contributed by atoms with Gasteiger partial charge in [-0.2, -0.15) is 0 Å². The Labute approximate surface area is 170 Å². The van der Waals surface area contributed by atoms with Gasteiger partial charge >= 0.3 is 6.09 Å². The SMILES string of the molecule is CC(=S)NNC[C@H]1CN(c2ccc(OCCN3CCCCC3)c(F)c2)C(=O)O1. The molecule has 9 heteroatoms. The van der Waals surface area contributed by atoms with Gasteiger partial charge in [0.2, 0.25) is 0 Å². The number of nitrogens with one attached hydrogen (secondary N) is 2. The van der Waals surface area contributed by atoms with Crippen molar-refractivity contribution in [1.82, 2.24) is 15.8 Å². The number of nitrogens with zero attached hydrogens (tertiary/aromatic N) is 2.